The van der Waals surface area contributed by atoms with E-state index in [1.54, 1.807) is 0 Å². The monoisotopic (exact) mass is 768 g/mol. The van der Waals surface area contributed by atoms with Crippen LogP contribution in [0.3, 0.4) is 0 Å². The van der Waals surface area contributed by atoms with Crippen LogP contribution in [-0.4, -0.2) is 96.0 Å². The predicted molar refractivity (Wildman–Crippen MR) is 205 cm³/mol. The molecule has 1 heterocycles. The summed E-state index contributed by atoms with van der Waals surface area (Å²) in [5.41, 5.74) is 0. The maximum Gasteiger partial charge on any atom is 0.306 e. The molecule has 0 bridgehead atoms. The molecule has 0 aliphatic carbocycles. The van der Waals surface area contributed by atoms with Crippen molar-refractivity contribution >= 4 is 22.1 Å². The van der Waals surface area contributed by atoms with Crippen LogP contribution >= 0.6 is 0 Å². The molecule has 1 fully saturated rings. The van der Waals surface area contributed by atoms with Gasteiger partial charge < -0.3 is 34.3 Å². The zero-order chi connectivity index (χ0) is 39.2. The van der Waals surface area contributed by atoms with Crippen LogP contribution in [-0.2, 0) is 38.7 Å². The van der Waals surface area contributed by atoms with E-state index in [1.165, 1.54) is 19.3 Å². The van der Waals surface area contributed by atoms with E-state index in [-0.39, 0.29) is 19.4 Å². The van der Waals surface area contributed by atoms with Gasteiger partial charge in [0.05, 0.1) is 6.61 Å². The van der Waals surface area contributed by atoms with E-state index < -0.39 is 71.2 Å². The molecule has 12 nitrogen and oxygen atoms in total. The van der Waals surface area contributed by atoms with Crippen LogP contribution in [0.5, 0.6) is 0 Å². The van der Waals surface area contributed by atoms with Gasteiger partial charge in [-0.3, -0.25) is 14.1 Å². The first-order chi connectivity index (χ1) is 25.5. The largest absolute Gasteiger partial charge is 0.462 e. The van der Waals surface area contributed by atoms with Gasteiger partial charge in [-0.25, -0.2) is 0 Å². The summed E-state index contributed by atoms with van der Waals surface area (Å²) in [5, 5.41) is 30.7. The van der Waals surface area contributed by atoms with E-state index >= 15 is 0 Å². The van der Waals surface area contributed by atoms with Crippen molar-refractivity contribution < 1.29 is 56.8 Å². The van der Waals surface area contributed by atoms with Crippen LogP contribution in [0.15, 0.2) is 72.9 Å². The van der Waals surface area contributed by atoms with Crippen LogP contribution in [0, 0.1) is 0 Å². The summed E-state index contributed by atoms with van der Waals surface area (Å²) in [6, 6.07) is 0. The molecule has 1 aliphatic heterocycles. The SMILES string of the molecule is CCC=CC=CC=CC=CC=CCCCC(=O)OC(COC(=O)CCCCCCCC=CCCCCC)COC1OC(CS(=O)(=O)O)C(O)C(O)C1O. The maximum absolute atomic E-state index is 12.7. The Morgan fingerprint density at radius 3 is 1.87 bits per heavy atom. The standard InChI is InChI=1S/C40H64O12S/c1-3-5-7-9-11-13-15-17-19-21-23-25-27-29-36(42)51-33(31-50-40-39(45)38(44)37(43)34(52-40)32-53(46,47)48)30-49-35(41)28-26-24-22-20-18-16-14-12-10-8-6-4-2/h5,7,9,11-15,17,19,21,23,33-34,37-40,43-45H,3-4,6,8,10,16,18,20,22,24-32H2,1-2H3,(H,46,47,48). The summed E-state index contributed by atoms with van der Waals surface area (Å²) in [5.74, 6) is -2.11. The van der Waals surface area contributed by atoms with E-state index in [0.29, 0.717) is 19.3 Å². The lowest BCUT2D eigenvalue weighted by molar-refractivity contribution is -0.297. The number of carbonyl (C=O) groups is 2. The smallest absolute Gasteiger partial charge is 0.306 e. The van der Waals surface area contributed by atoms with Crippen LogP contribution < -0.4 is 0 Å². The molecule has 302 valence electrons. The van der Waals surface area contributed by atoms with Crippen LogP contribution in [0.4, 0.5) is 0 Å². The van der Waals surface area contributed by atoms with E-state index in [1.807, 2.05) is 54.7 Å². The second kappa shape index (κ2) is 30.4. The molecule has 6 unspecified atom stereocenters. The van der Waals surface area contributed by atoms with Crippen LogP contribution in [0.2, 0.25) is 0 Å². The van der Waals surface area contributed by atoms with Gasteiger partial charge in [-0.1, -0.05) is 119 Å². The Labute approximate surface area is 317 Å². The molecule has 0 saturated carbocycles. The number of aliphatic hydroxyl groups is 3. The third kappa shape index (κ3) is 25.7. The molecule has 0 aromatic heterocycles. The molecule has 1 rings (SSSR count). The summed E-state index contributed by atoms with van der Waals surface area (Å²) in [4.78, 5) is 25.2. The second-order valence-electron chi connectivity index (χ2n) is 13.0. The van der Waals surface area contributed by atoms with Crippen molar-refractivity contribution in [1.82, 2.24) is 0 Å². The first-order valence-corrected chi connectivity index (χ1v) is 20.7. The van der Waals surface area contributed by atoms with Gasteiger partial charge in [0.1, 0.15) is 36.8 Å². The van der Waals surface area contributed by atoms with Crippen molar-refractivity contribution in [1.29, 1.82) is 0 Å². The van der Waals surface area contributed by atoms with E-state index in [9.17, 15) is 37.9 Å². The highest BCUT2D eigenvalue weighted by Gasteiger charge is 2.46. The Balaban J connectivity index is 2.61. The topological polar surface area (TPSA) is 186 Å². The van der Waals surface area contributed by atoms with E-state index in [2.05, 4.69) is 32.1 Å². The van der Waals surface area contributed by atoms with Gasteiger partial charge in [-0.05, 0) is 51.4 Å². The number of rotatable bonds is 29. The molecule has 4 N–H and O–H groups in total. The molecule has 6 atom stereocenters. The molecule has 53 heavy (non-hydrogen) atoms. The number of aliphatic hydroxyl groups excluding tert-OH is 3. The lowest BCUT2D eigenvalue weighted by Gasteiger charge is -2.40. The lowest BCUT2D eigenvalue weighted by atomic mass is 10.00. The minimum absolute atomic E-state index is 0.0625. The summed E-state index contributed by atoms with van der Waals surface area (Å²) in [6.45, 7) is 3.47. The molecule has 1 saturated heterocycles. The van der Waals surface area contributed by atoms with Gasteiger partial charge in [0.2, 0.25) is 0 Å². The molecular weight excluding hydrogens is 704 g/mol. The van der Waals surface area contributed by atoms with Crippen molar-refractivity contribution in [3.63, 3.8) is 0 Å². The fraction of sp³-hybridized carbons (Fsp3) is 0.650. The molecule has 0 amide bonds. The molecule has 0 aromatic rings. The maximum atomic E-state index is 12.7. The number of unbranched alkanes of at least 4 members (excludes halogenated alkanes) is 9. The van der Waals surface area contributed by atoms with Gasteiger partial charge >= 0.3 is 11.9 Å². The highest BCUT2D eigenvalue weighted by Crippen LogP contribution is 2.23. The number of ether oxygens (including phenoxy) is 4. The Bertz CT molecular complexity index is 1270. The van der Waals surface area contributed by atoms with Gasteiger partial charge in [0.25, 0.3) is 10.1 Å². The Kier molecular flexibility index (Phi) is 27.6. The summed E-state index contributed by atoms with van der Waals surface area (Å²) < 4.78 is 53.7. The molecular formula is C40H64O12S. The van der Waals surface area contributed by atoms with Gasteiger partial charge in [-0.2, -0.15) is 8.42 Å². The predicted octanol–water partition coefficient (Wildman–Crippen LogP) is 6.38. The highest BCUT2D eigenvalue weighted by atomic mass is 32.2. The van der Waals surface area contributed by atoms with E-state index in [4.69, 9.17) is 18.9 Å². The molecule has 1 aliphatic rings. The molecule has 0 spiro atoms. The first kappa shape index (κ1) is 48.1. The third-order valence-corrected chi connectivity index (χ3v) is 8.90. The number of carbonyl (C=O) groups excluding carboxylic acids is 2. The Hall–Kier alpha value is -2.91. The fourth-order valence-electron chi connectivity index (χ4n) is 5.17. The van der Waals surface area contributed by atoms with Crippen LogP contribution in [0.25, 0.3) is 0 Å². The van der Waals surface area contributed by atoms with E-state index in [0.717, 1.165) is 44.9 Å². The summed E-state index contributed by atoms with van der Waals surface area (Å²) in [6.07, 6.45) is 26.9. The number of hydrogen-bond donors (Lipinski definition) is 4. The Morgan fingerprint density at radius 2 is 1.23 bits per heavy atom. The lowest BCUT2D eigenvalue weighted by Crippen LogP contribution is -2.60. The van der Waals surface area contributed by atoms with Crippen LogP contribution in [0.1, 0.15) is 110 Å². The average Bonchev–Trinajstić information content (AvgIpc) is 3.12. The number of esters is 2. The summed E-state index contributed by atoms with van der Waals surface area (Å²) in [7, 11) is -4.61. The number of allylic oxidation sites excluding steroid dienone is 12. The second-order valence-corrected chi connectivity index (χ2v) is 14.5. The van der Waals surface area contributed by atoms with Crippen molar-refractivity contribution in [3.8, 4) is 0 Å². The van der Waals surface area contributed by atoms with Crippen molar-refractivity contribution in [2.24, 2.45) is 0 Å². The molecule has 13 heteroatoms. The molecule has 0 radical (unpaired) electrons. The summed E-state index contributed by atoms with van der Waals surface area (Å²) >= 11 is 0. The van der Waals surface area contributed by atoms with Gasteiger partial charge in [0, 0.05) is 12.8 Å². The van der Waals surface area contributed by atoms with Gasteiger partial charge in [0.15, 0.2) is 12.4 Å². The Morgan fingerprint density at radius 1 is 0.660 bits per heavy atom. The van der Waals surface area contributed by atoms with Crippen molar-refractivity contribution in [2.45, 2.75) is 147 Å². The minimum atomic E-state index is -4.61. The zero-order valence-corrected chi connectivity index (χ0v) is 32.4. The normalized spacial score (nSPS) is 22.0. The van der Waals surface area contributed by atoms with Crippen molar-refractivity contribution in [3.05, 3.63) is 72.9 Å². The number of hydrogen-bond acceptors (Lipinski definition) is 11. The third-order valence-electron chi connectivity index (χ3n) is 8.15. The fourth-order valence-corrected chi connectivity index (χ4v) is 5.86. The first-order valence-electron chi connectivity index (χ1n) is 19.1. The van der Waals surface area contributed by atoms with Gasteiger partial charge in [-0.15, -0.1) is 0 Å². The highest BCUT2D eigenvalue weighted by molar-refractivity contribution is 7.85. The average molecular weight is 769 g/mol. The van der Waals surface area contributed by atoms with Crippen molar-refractivity contribution in [2.75, 3.05) is 19.0 Å². The molecule has 0 aromatic carbocycles. The zero-order valence-electron chi connectivity index (χ0n) is 31.6. The quantitative estimate of drug-likeness (QED) is 0.0217. The minimum Gasteiger partial charge on any atom is -0.462 e.